The molecule has 1 aliphatic rings. The van der Waals surface area contributed by atoms with E-state index in [-0.39, 0.29) is 10.9 Å². The minimum atomic E-state index is -1.90. The number of rotatable bonds is 5. The van der Waals surface area contributed by atoms with Gasteiger partial charge in [-0.15, -0.1) is 11.3 Å². The maximum atomic E-state index is 15.2. The van der Waals surface area contributed by atoms with Crippen LogP contribution in [0.15, 0.2) is 29.8 Å². The summed E-state index contributed by atoms with van der Waals surface area (Å²) in [5, 5.41) is 3.16. The molecule has 148 valence electrons. The van der Waals surface area contributed by atoms with Gasteiger partial charge in [-0.3, -0.25) is 0 Å². The lowest BCUT2D eigenvalue weighted by molar-refractivity contribution is 0.271. The summed E-state index contributed by atoms with van der Waals surface area (Å²) in [7, 11) is -1.90. The SMILES string of the molecule is CC(C)(C)[Si](C)(C)OCc1cccc(N2CCN(c3nccs3)CC2)c1F. The van der Waals surface area contributed by atoms with Gasteiger partial charge < -0.3 is 14.2 Å². The maximum absolute atomic E-state index is 15.2. The lowest BCUT2D eigenvalue weighted by Crippen LogP contribution is -2.46. The number of nitrogens with zero attached hydrogens (tertiary/aromatic N) is 3. The van der Waals surface area contributed by atoms with Gasteiger partial charge in [0, 0.05) is 43.3 Å². The summed E-state index contributed by atoms with van der Waals surface area (Å²) >= 11 is 1.65. The van der Waals surface area contributed by atoms with Gasteiger partial charge in [0.15, 0.2) is 19.3 Å². The molecule has 0 bridgehead atoms. The van der Waals surface area contributed by atoms with Crippen LogP contribution in [0.4, 0.5) is 15.2 Å². The highest BCUT2D eigenvalue weighted by Crippen LogP contribution is 2.37. The smallest absolute Gasteiger partial charge is 0.192 e. The Bertz CT molecular complexity index is 753. The minimum absolute atomic E-state index is 0.118. The van der Waals surface area contributed by atoms with Gasteiger partial charge in [-0.2, -0.15) is 0 Å². The Hall–Kier alpha value is -1.44. The van der Waals surface area contributed by atoms with Crippen molar-refractivity contribution in [1.82, 2.24) is 4.98 Å². The third kappa shape index (κ3) is 4.52. The van der Waals surface area contributed by atoms with Crippen LogP contribution in [0.3, 0.4) is 0 Å². The fourth-order valence-electron chi connectivity index (χ4n) is 2.91. The summed E-state index contributed by atoms with van der Waals surface area (Å²) in [6.45, 7) is 14.7. The van der Waals surface area contributed by atoms with Gasteiger partial charge >= 0.3 is 0 Å². The van der Waals surface area contributed by atoms with Crippen molar-refractivity contribution in [3.05, 3.63) is 41.2 Å². The van der Waals surface area contributed by atoms with E-state index in [4.69, 9.17) is 4.43 Å². The van der Waals surface area contributed by atoms with Crippen LogP contribution in [0, 0.1) is 5.82 Å². The highest BCUT2D eigenvalue weighted by Gasteiger charge is 2.37. The van der Waals surface area contributed by atoms with E-state index >= 15 is 4.39 Å². The van der Waals surface area contributed by atoms with Crippen molar-refractivity contribution in [2.75, 3.05) is 36.0 Å². The average Bonchev–Trinajstić information content (AvgIpc) is 3.15. The molecule has 3 rings (SSSR count). The number of hydrogen-bond acceptors (Lipinski definition) is 5. The molecular formula is C20H30FN3OSSi. The molecule has 4 nitrogen and oxygen atoms in total. The molecule has 1 saturated heterocycles. The normalized spacial score (nSPS) is 16.1. The zero-order valence-electron chi connectivity index (χ0n) is 17.0. The molecule has 0 radical (unpaired) electrons. The van der Waals surface area contributed by atoms with E-state index in [0.29, 0.717) is 17.9 Å². The van der Waals surface area contributed by atoms with Crippen LogP contribution in [0.5, 0.6) is 0 Å². The Morgan fingerprint density at radius 3 is 2.41 bits per heavy atom. The van der Waals surface area contributed by atoms with Gasteiger partial charge in [-0.25, -0.2) is 9.37 Å². The predicted octanol–water partition coefficient (Wildman–Crippen LogP) is 5.13. The van der Waals surface area contributed by atoms with Crippen molar-refractivity contribution in [3.63, 3.8) is 0 Å². The summed E-state index contributed by atoms with van der Waals surface area (Å²) in [6.07, 6.45) is 1.83. The van der Waals surface area contributed by atoms with Crippen LogP contribution in [0.25, 0.3) is 0 Å². The summed E-state index contributed by atoms with van der Waals surface area (Å²) in [4.78, 5) is 8.78. The quantitative estimate of drug-likeness (QED) is 0.643. The van der Waals surface area contributed by atoms with Crippen molar-refractivity contribution in [1.29, 1.82) is 0 Å². The molecule has 27 heavy (non-hydrogen) atoms. The molecule has 0 saturated carbocycles. The number of piperazine rings is 1. The zero-order valence-corrected chi connectivity index (χ0v) is 18.8. The van der Waals surface area contributed by atoms with Crippen LogP contribution in [-0.4, -0.2) is 39.5 Å². The van der Waals surface area contributed by atoms with E-state index in [1.165, 1.54) is 0 Å². The molecule has 0 aliphatic carbocycles. The second-order valence-corrected chi connectivity index (χ2v) is 14.3. The monoisotopic (exact) mass is 407 g/mol. The summed E-state index contributed by atoms with van der Waals surface area (Å²) in [5.41, 5.74) is 1.34. The second-order valence-electron chi connectivity index (χ2n) is 8.59. The van der Waals surface area contributed by atoms with E-state index in [0.717, 1.165) is 31.3 Å². The van der Waals surface area contributed by atoms with Crippen molar-refractivity contribution in [2.45, 2.75) is 45.5 Å². The molecule has 0 N–H and O–H groups in total. The van der Waals surface area contributed by atoms with Crippen molar-refractivity contribution in [3.8, 4) is 0 Å². The van der Waals surface area contributed by atoms with Crippen LogP contribution in [0.2, 0.25) is 18.1 Å². The first kappa shape index (κ1) is 20.3. The molecule has 0 spiro atoms. The predicted molar refractivity (Wildman–Crippen MR) is 115 cm³/mol. The van der Waals surface area contributed by atoms with Gasteiger partial charge in [-0.05, 0) is 24.2 Å². The Morgan fingerprint density at radius 1 is 1.15 bits per heavy atom. The Balaban J connectivity index is 1.67. The van der Waals surface area contributed by atoms with Crippen LogP contribution in [-0.2, 0) is 11.0 Å². The number of benzene rings is 1. The molecule has 7 heteroatoms. The first-order chi connectivity index (χ1) is 12.7. The Kier molecular flexibility index (Phi) is 5.93. The number of thiazole rings is 1. The summed E-state index contributed by atoms with van der Waals surface area (Å²) in [6, 6.07) is 5.66. The van der Waals surface area contributed by atoms with E-state index in [1.54, 1.807) is 11.3 Å². The van der Waals surface area contributed by atoms with Crippen LogP contribution >= 0.6 is 11.3 Å². The standard InChI is InChI=1S/C20H30FN3OSSi/c1-20(2,3)27(4,5)25-15-16-7-6-8-17(18(16)21)23-10-12-24(13-11-23)19-22-9-14-26-19/h6-9,14H,10-13,15H2,1-5H3. The third-order valence-electron chi connectivity index (χ3n) is 5.76. The molecule has 1 aromatic carbocycles. The summed E-state index contributed by atoms with van der Waals surface area (Å²) in [5.74, 6) is -0.140. The highest BCUT2D eigenvalue weighted by atomic mass is 32.1. The molecule has 1 aliphatic heterocycles. The number of aromatic nitrogens is 1. The lowest BCUT2D eigenvalue weighted by atomic mass is 10.1. The van der Waals surface area contributed by atoms with Crippen LogP contribution < -0.4 is 9.80 Å². The molecule has 1 fully saturated rings. The fraction of sp³-hybridized carbons (Fsp3) is 0.550. The first-order valence-corrected chi connectivity index (χ1v) is 13.3. The zero-order chi connectivity index (χ0) is 19.7. The first-order valence-electron chi connectivity index (χ1n) is 9.50. The van der Waals surface area contributed by atoms with Crippen molar-refractivity contribution >= 4 is 30.5 Å². The number of hydrogen-bond donors (Lipinski definition) is 0. The maximum Gasteiger partial charge on any atom is 0.192 e. The Labute approximate surface area is 167 Å². The largest absolute Gasteiger partial charge is 0.412 e. The number of anilines is 2. The van der Waals surface area contributed by atoms with E-state index < -0.39 is 8.32 Å². The topological polar surface area (TPSA) is 28.6 Å². The second kappa shape index (κ2) is 7.89. The van der Waals surface area contributed by atoms with E-state index in [9.17, 15) is 0 Å². The molecule has 0 amide bonds. The van der Waals surface area contributed by atoms with Crippen LogP contribution in [0.1, 0.15) is 26.3 Å². The average molecular weight is 408 g/mol. The van der Waals surface area contributed by atoms with Gasteiger partial charge in [0.2, 0.25) is 0 Å². The lowest BCUT2D eigenvalue weighted by Gasteiger charge is -2.37. The van der Waals surface area contributed by atoms with Gasteiger partial charge in [0.05, 0.1) is 12.3 Å². The van der Waals surface area contributed by atoms with Crippen molar-refractivity contribution < 1.29 is 8.82 Å². The Morgan fingerprint density at radius 2 is 1.81 bits per heavy atom. The molecule has 0 atom stereocenters. The third-order valence-corrected chi connectivity index (χ3v) is 11.1. The minimum Gasteiger partial charge on any atom is -0.412 e. The molecule has 0 unspecified atom stereocenters. The van der Waals surface area contributed by atoms with Gasteiger partial charge in [-0.1, -0.05) is 32.9 Å². The van der Waals surface area contributed by atoms with E-state index in [2.05, 4.69) is 48.6 Å². The molecular weight excluding hydrogens is 377 g/mol. The summed E-state index contributed by atoms with van der Waals surface area (Å²) < 4.78 is 21.4. The molecule has 2 aromatic rings. The molecule has 1 aromatic heterocycles. The van der Waals surface area contributed by atoms with Crippen molar-refractivity contribution in [2.24, 2.45) is 0 Å². The van der Waals surface area contributed by atoms with E-state index in [1.807, 2.05) is 29.8 Å². The molecule has 2 heterocycles. The number of halogens is 1. The van der Waals surface area contributed by atoms with Gasteiger partial charge in [0.25, 0.3) is 0 Å². The fourth-order valence-corrected chi connectivity index (χ4v) is 4.55. The van der Waals surface area contributed by atoms with Gasteiger partial charge in [0.1, 0.15) is 0 Å². The highest BCUT2D eigenvalue weighted by molar-refractivity contribution is 7.13.